The SMILES string of the molecule is CC1(C)C(=O)C(C#N)=C[C@@]2(C)CC(O)=CC[C@H]12. The minimum Gasteiger partial charge on any atom is -0.513 e. The molecule has 0 aliphatic heterocycles. The highest BCUT2D eigenvalue weighted by Crippen LogP contribution is 2.54. The third-order valence-electron chi connectivity index (χ3n) is 4.24. The fourth-order valence-corrected chi connectivity index (χ4v) is 3.36. The lowest BCUT2D eigenvalue weighted by Gasteiger charge is -2.48. The summed E-state index contributed by atoms with van der Waals surface area (Å²) in [6.45, 7) is 5.82. The topological polar surface area (TPSA) is 61.1 Å². The molecular formula is C14H17NO2. The van der Waals surface area contributed by atoms with E-state index < -0.39 is 5.41 Å². The van der Waals surface area contributed by atoms with Crippen LogP contribution in [-0.2, 0) is 4.79 Å². The number of carbonyl (C=O) groups excluding carboxylic acids is 1. The van der Waals surface area contributed by atoms with Gasteiger partial charge in [0.1, 0.15) is 6.07 Å². The van der Waals surface area contributed by atoms with Crippen molar-refractivity contribution in [3.05, 3.63) is 23.5 Å². The summed E-state index contributed by atoms with van der Waals surface area (Å²) in [5, 5.41) is 18.7. The zero-order valence-corrected chi connectivity index (χ0v) is 10.4. The average Bonchev–Trinajstić information content (AvgIpc) is 2.23. The maximum absolute atomic E-state index is 12.2. The van der Waals surface area contributed by atoms with E-state index in [4.69, 9.17) is 5.26 Å². The molecule has 0 fully saturated rings. The van der Waals surface area contributed by atoms with Crippen molar-refractivity contribution in [2.45, 2.75) is 33.6 Å². The summed E-state index contributed by atoms with van der Waals surface area (Å²) in [6.07, 6.45) is 4.76. The maximum atomic E-state index is 12.2. The van der Waals surface area contributed by atoms with Crippen molar-refractivity contribution in [3.8, 4) is 6.07 Å². The molecule has 0 aromatic carbocycles. The molecule has 0 amide bonds. The van der Waals surface area contributed by atoms with E-state index in [0.717, 1.165) is 0 Å². The van der Waals surface area contributed by atoms with Crippen molar-refractivity contribution in [2.75, 3.05) is 0 Å². The van der Waals surface area contributed by atoms with Crippen molar-refractivity contribution in [2.24, 2.45) is 16.7 Å². The molecule has 0 saturated carbocycles. The second-order valence-corrected chi connectivity index (χ2v) is 5.89. The highest BCUT2D eigenvalue weighted by molar-refractivity contribution is 6.04. The third-order valence-corrected chi connectivity index (χ3v) is 4.24. The fourth-order valence-electron chi connectivity index (χ4n) is 3.36. The number of aliphatic hydroxyl groups excluding tert-OH is 1. The monoisotopic (exact) mass is 231 g/mol. The Morgan fingerprint density at radius 3 is 2.71 bits per heavy atom. The van der Waals surface area contributed by atoms with Gasteiger partial charge in [0.05, 0.1) is 11.3 Å². The zero-order valence-electron chi connectivity index (χ0n) is 10.4. The number of allylic oxidation sites excluding steroid dienone is 4. The summed E-state index contributed by atoms with van der Waals surface area (Å²) in [5.41, 5.74) is -0.587. The number of hydrogen-bond acceptors (Lipinski definition) is 3. The summed E-state index contributed by atoms with van der Waals surface area (Å²) in [6, 6.07) is 1.99. The smallest absolute Gasteiger partial charge is 0.178 e. The van der Waals surface area contributed by atoms with Gasteiger partial charge in [0, 0.05) is 11.8 Å². The molecule has 0 radical (unpaired) electrons. The Kier molecular flexibility index (Phi) is 2.43. The Bertz CT molecular complexity index is 479. The summed E-state index contributed by atoms with van der Waals surface area (Å²) in [7, 11) is 0. The fraction of sp³-hybridized carbons (Fsp3) is 0.571. The summed E-state index contributed by atoms with van der Waals surface area (Å²) < 4.78 is 0. The van der Waals surface area contributed by atoms with Gasteiger partial charge >= 0.3 is 0 Å². The molecule has 0 heterocycles. The highest BCUT2D eigenvalue weighted by Gasteiger charge is 2.52. The maximum Gasteiger partial charge on any atom is 0.178 e. The van der Waals surface area contributed by atoms with Crippen LogP contribution in [0.4, 0.5) is 0 Å². The molecule has 0 saturated heterocycles. The molecule has 1 N–H and O–H groups in total. The molecule has 3 heteroatoms. The van der Waals surface area contributed by atoms with Gasteiger partial charge in [-0.25, -0.2) is 0 Å². The first-order valence-electron chi connectivity index (χ1n) is 5.87. The molecule has 0 bridgehead atoms. The van der Waals surface area contributed by atoms with E-state index in [1.807, 2.05) is 26.8 Å². The van der Waals surface area contributed by atoms with Crippen molar-refractivity contribution >= 4 is 5.78 Å². The molecule has 2 atom stereocenters. The van der Waals surface area contributed by atoms with E-state index in [0.29, 0.717) is 18.6 Å². The lowest BCUT2D eigenvalue weighted by atomic mass is 9.53. The average molecular weight is 231 g/mol. The van der Waals surface area contributed by atoms with Crippen LogP contribution in [0, 0.1) is 28.1 Å². The van der Waals surface area contributed by atoms with Crippen LogP contribution in [-0.4, -0.2) is 10.9 Å². The number of fused-ring (bicyclic) bond motifs is 1. The number of nitriles is 1. The van der Waals surface area contributed by atoms with E-state index in [9.17, 15) is 9.90 Å². The molecule has 2 rings (SSSR count). The zero-order chi connectivity index (χ0) is 12.8. The van der Waals surface area contributed by atoms with E-state index in [1.165, 1.54) is 0 Å². The second kappa shape index (κ2) is 3.46. The molecule has 2 aliphatic carbocycles. The minimum atomic E-state index is -0.536. The molecule has 3 nitrogen and oxygen atoms in total. The Morgan fingerprint density at radius 1 is 1.47 bits per heavy atom. The van der Waals surface area contributed by atoms with Crippen LogP contribution in [0.3, 0.4) is 0 Å². The summed E-state index contributed by atoms with van der Waals surface area (Å²) >= 11 is 0. The number of nitrogens with zero attached hydrogens (tertiary/aromatic N) is 1. The number of Topliss-reactive ketones (excluding diaryl/α,β-unsaturated/α-hetero) is 1. The van der Waals surface area contributed by atoms with Gasteiger partial charge in [-0.05, 0) is 23.8 Å². The van der Waals surface area contributed by atoms with Gasteiger partial charge in [-0.1, -0.05) is 26.8 Å². The van der Waals surface area contributed by atoms with Gasteiger partial charge in [0.15, 0.2) is 5.78 Å². The van der Waals surface area contributed by atoms with Gasteiger partial charge in [-0.15, -0.1) is 0 Å². The first-order valence-corrected chi connectivity index (χ1v) is 5.87. The van der Waals surface area contributed by atoms with E-state index in [1.54, 1.807) is 12.2 Å². The van der Waals surface area contributed by atoms with Crippen LogP contribution in [0.2, 0.25) is 0 Å². The van der Waals surface area contributed by atoms with Crippen LogP contribution in [0.1, 0.15) is 33.6 Å². The van der Waals surface area contributed by atoms with Gasteiger partial charge in [-0.3, -0.25) is 4.79 Å². The van der Waals surface area contributed by atoms with Crippen molar-refractivity contribution in [3.63, 3.8) is 0 Å². The van der Waals surface area contributed by atoms with Crippen LogP contribution >= 0.6 is 0 Å². The standard InChI is InChI=1S/C14H17NO2/c1-13(2)11-5-4-10(16)7-14(11,3)6-9(8-15)12(13)17/h4,6,11,16H,5,7H2,1-3H3/t11-,14+/m1/s1. The van der Waals surface area contributed by atoms with Crippen LogP contribution in [0.5, 0.6) is 0 Å². The van der Waals surface area contributed by atoms with Crippen molar-refractivity contribution < 1.29 is 9.90 Å². The number of aliphatic hydroxyl groups is 1. The predicted octanol–water partition coefficient (Wildman–Crippen LogP) is 2.90. The Hall–Kier alpha value is -1.56. The van der Waals surface area contributed by atoms with Gasteiger partial charge in [0.2, 0.25) is 0 Å². The van der Waals surface area contributed by atoms with Gasteiger partial charge in [0.25, 0.3) is 0 Å². The number of ketones is 1. The largest absolute Gasteiger partial charge is 0.513 e. The lowest BCUT2D eigenvalue weighted by molar-refractivity contribution is -0.129. The van der Waals surface area contributed by atoms with Crippen molar-refractivity contribution in [1.29, 1.82) is 5.26 Å². The number of carbonyl (C=O) groups is 1. The molecule has 0 aromatic rings. The van der Waals surface area contributed by atoms with Crippen LogP contribution < -0.4 is 0 Å². The van der Waals surface area contributed by atoms with Crippen LogP contribution in [0.15, 0.2) is 23.5 Å². The first-order chi connectivity index (χ1) is 7.81. The van der Waals surface area contributed by atoms with Crippen molar-refractivity contribution in [1.82, 2.24) is 0 Å². The highest BCUT2D eigenvalue weighted by atomic mass is 16.3. The molecular weight excluding hydrogens is 214 g/mol. The molecule has 0 unspecified atom stereocenters. The van der Waals surface area contributed by atoms with Gasteiger partial charge < -0.3 is 5.11 Å². The Morgan fingerprint density at radius 2 is 2.12 bits per heavy atom. The molecule has 2 aliphatic rings. The molecule has 90 valence electrons. The summed E-state index contributed by atoms with van der Waals surface area (Å²) in [4.78, 5) is 12.2. The van der Waals surface area contributed by atoms with Crippen LogP contribution in [0.25, 0.3) is 0 Å². The second-order valence-electron chi connectivity index (χ2n) is 5.89. The lowest BCUT2D eigenvalue weighted by Crippen LogP contribution is -2.47. The Labute approximate surface area is 101 Å². The van der Waals surface area contributed by atoms with E-state index in [-0.39, 0.29) is 22.7 Å². The summed E-state index contributed by atoms with van der Waals surface area (Å²) in [5.74, 6) is 0.440. The number of rotatable bonds is 0. The number of hydrogen-bond donors (Lipinski definition) is 1. The van der Waals surface area contributed by atoms with E-state index in [2.05, 4.69) is 0 Å². The first kappa shape index (κ1) is 11.9. The molecule has 0 spiro atoms. The Balaban J connectivity index is 2.58. The van der Waals surface area contributed by atoms with Gasteiger partial charge in [-0.2, -0.15) is 5.26 Å². The minimum absolute atomic E-state index is 0.0720. The third kappa shape index (κ3) is 1.59. The quantitative estimate of drug-likeness (QED) is 0.697. The predicted molar refractivity (Wildman–Crippen MR) is 64.0 cm³/mol. The molecule has 17 heavy (non-hydrogen) atoms. The normalized spacial score (nSPS) is 35.4. The molecule has 0 aromatic heterocycles. The van der Waals surface area contributed by atoms with E-state index >= 15 is 0 Å².